The molecule has 1 aromatic heterocycles. The maximum absolute atomic E-state index is 11.1. The zero-order valence-corrected chi connectivity index (χ0v) is 7.03. The van der Waals surface area contributed by atoms with E-state index in [0.29, 0.717) is 0 Å². The summed E-state index contributed by atoms with van der Waals surface area (Å²) < 4.78 is 0. The van der Waals surface area contributed by atoms with Gasteiger partial charge in [-0.25, -0.2) is 0 Å². The Balaban J connectivity index is 2.96. The van der Waals surface area contributed by atoms with Gasteiger partial charge in [-0.1, -0.05) is 20.3 Å². The van der Waals surface area contributed by atoms with Gasteiger partial charge >= 0.3 is 0 Å². The van der Waals surface area contributed by atoms with Crippen LogP contribution in [-0.4, -0.2) is 10.2 Å². The Morgan fingerprint density at radius 2 is 2.00 bits per heavy atom. The molecule has 0 atom stereocenters. The molecule has 3 nitrogen and oxygen atoms in total. The minimum atomic E-state index is 0.0379. The van der Waals surface area contributed by atoms with Crippen molar-refractivity contribution in [3.63, 3.8) is 0 Å². The molecular formula is C8H14N2O. The second-order valence-corrected chi connectivity index (χ2v) is 2.64. The summed E-state index contributed by atoms with van der Waals surface area (Å²) in [4.78, 5) is 11.1. The summed E-state index contributed by atoms with van der Waals surface area (Å²) in [5, 5.41) is 5.48. The zero-order chi connectivity index (χ0) is 8.27. The van der Waals surface area contributed by atoms with Crippen molar-refractivity contribution in [3.05, 3.63) is 21.6 Å². The number of hydrogen-bond donors (Lipinski definition) is 2. The molecule has 2 N–H and O–H groups in total. The summed E-state index contributed by atoms with van der Waals surface area (Å²) in [6.07, 6.45) is 2.84. The van der Waals surface area contributed by atoms with E-state index >= 15 is 0 Å². The molecule has 0 aliphatic rings. The summed E-state index contributed by atoms with van der Waals surface area (Å²) in [6.45, 7) is 4.10. The molecule has 62 valence electrons. The molecule has 0 saturated heterocycles. The Labute approximate surface area is 65.8 Å². The fourth-order valence-corrected chi connectivity index (χ4v) is 1.26. The Kier molecular flexibility index (Phi) is 2.52. The van der Waals surface area contributed by atoms with E-state index in [-0.39, 0.29) is 5.56 Å². The molecule has 11 heavy (non-hydrogen) atoms. The lowest BCUT2D eigenvalue weighted by atomic mass is 10.1. The van der Waals surface area contributed by atoms with Crippen LogP contribution in [0.25, 0.3) is 0 Å². The Bertz CT molecular complexity index is 272. The molecule has 0 aliphatic heterocycles. The van der Waals surface area contributed by atoms with Crippen LogP contribution in [0.3, 0.4) is 0 Å². The molecule has 0 aromatic carbocycles. The standard InChI is InChI=1S/C8H14N2O/c1-3-5-7-6(4-2)8(11)10-9-7/h3-5H2,1-2H3,(H2,9,10,11). The molecule has 1 rings (SSSR count). The summed E-state index contributed by atoms with van der Waals surface area (Å²) in [7, 11) is 0. The normalized spacial score (nSPS) is 10.4. The van der Waals surface area contributed by atoms with Crippen molar-refractivity contribution in [1.29, 1.82) is 0 Å². The average molecular weight is 154 g/mol. The van der Waals surface area contributed by atoms with E-state index in [4.69, 9.17) is 0 Å². The van der Waals surface area contributed by atoms with E-state index in [1.165, 1.54) is 0 Å². The Morgan fingerprint density at radius 3 is 2.55 bits per heavy atom. The summed E-state index contributed by atoms with van der Waals surface area (Å²) >= 11 is 0. The van der Waals surface area contributed by atoms with Crippen molar-refractivity contribution in [3.8, 4) is 0 Å². The molecule has 0 bridgehead atoms. The number of rotatable bonds is 3. The van der Waals surface area contributed by atoms with Crippen LogP contribution in [0.15, 0.2) is 4.79 Å². The topological polar surface area (TPSA) is 48.6 Å². The fourth-order valence-electron chi connectivity index (χ4n) is 1.26. The lowest BCUT2D eigenvalue weighted by Crippen LogP contribution is -2.05. The van der Waals surface area contributed by atoms with Crippen LogP contribution in [0.2, 0.25) is 0 Å². The molecule has 0 fully saturated rings. The minimum Gasteiger partial charge on any atom is -0.302 e. The van der Waals surface area contributed by atoms with Crippen molar-refractivity contribution in [2.45, 2.75) is 33.1 Å². The van der Waals surface area contributed by atoms with Gasteiger partial charge in [0.05, 0.1) is 0 Å². The van der Waals surface area contributed by atoms with Crippen molar-refractivity contribution >= 4 is 0 Å². The van der Waals surface area contributed by atoms with Gasteiger partial charge in [-0.15, -0.1) is 0 Å². The van der Waals surface area contributed by atoms with Crippen LogP contribution >= 0.6 is 0 Å². The van der Waals surface area contributed by atoms with Crippen LogP contribution in [-0.2, 0) is 12.8 Å². The molecular weight excluding hydrogens is 140 g/mol. The number of aromatic nitrogens is 2. The van der Waals surface area contributed by atoms with Gasteiger partial charge in [-0.05, 0) is 12.8 Å². The minimum absolute atomic E-state index is 0.0379. The van der Waals surface area contributed by atoms with Crippen molar-refractivity contribution in [2.24, 2.45) is 0 Å². The van der Waals surface area contributed by atoms with Crippen LogP contribution in [0.4, 0.5) is 0 Å². The second kappa shape index (κ2) is 3.42. The fraction of sp³-hybridized carbons (Fsp3) is 0.625. The highest BCUT2D eigenvalue weighted by molar-refractivity contribution is 5.16. The lowest BCUT2D eigenvalue weighted by Gasteiger charge is -1.94. The van der Waals surface area contributed by atoms with Crippen molar-refractivity contribution in [1.82, 2.24) is 10.2 Å². The van der Waals surface area contributed by atoms with Gasteiger partial charge in [-0.2, -0.15) is 0 Å². The van der Waals surface area contributed by atoms with Gasteiger partial charge in [0.25, 0.3) is 5.56 Å². The average Bonchev–Trinajstić information content (AvgIpc) is 2.33. The molecule has 0 unspecified atom stereocenters. The number of hydrogen-bond acceptors (Lipinski definition) is 1. The van der Waals surface area contributed by atoms with Crippen LogP contribution in [0.1, 0.15) is 31.5 Å². The maximum atomic E-state index is 11.1. The number of H-pyrrole nitrogens is 2. The molecule has 0 aliphatic carbocycles. The van der Waals surface area contributed by atoms with Gasteiger partial charge in [0.2, 0.25) is 0 Å². The third-order valence-electron chi connectivity index (χ3n) is 1.82. The highest BCUT2D eigenvalue weighted by atomic mass is 16.1. The monoisotopic (exact) mass is 154 g/mol. The van der Waals surface area contributed by atoms with Crippen LogP contribution in [0, 0.1) is 0 Å². The highest BCUT2D eigenvalue weighted by Gasteiger charge is 2.05. The summed E-state index contributed by atoms with van der Waals surface area (Å²) in [5.41, 5.74) is 2.02. The van der Waals surface area contributed by atoms with E-state index in [0.717, 1.165) is 30.5 Å². The Morgan fingerprint density at radius 1 is 1.27 bits per heavy atom. The lowest BCUT2D eigenvalue weighted by molar-refractivity contribution is 0.853. The number of aromatic amines is 2. The van der Waals surface area contributed by atoms with Crippen LogP contribution in [0.5, 0.6) is 0 Å². The smallest absolute Gasteiger partial charge is 0.267 e. The van der Waals surface area contributed by atoms with Gasteiger partial charge in [0.1, 0.15) is 0 Å². The van der Waals surface area contributed by atoms with Gasteiger partial charge < -0.3 is 5.10 Å². The van der Waals surface area contributed by atoms with E-state index in [1.807, 2.05) is 6.92 Å². The number of aryl methyl sites for hydroxylation is 1. The van der Waals surface area contributed by atoms with Crippen LogP contribution < -0.4 is 5.56 Å². The van der Waals surface area contributed by atoms with Gasteiger partial charge in [0.15, 0.2) is 0 Å². The van der Waals surface area contributed by atoms with E-state index in [2.05, 4.69) is 17.1 Å². The maximum Gasteiger partial charge on any atom is 0.267 e. The first-order chi connectivity index (χ1) is 5.29. The Hall–Kier alpha value is -0.990. The first kappa shape index (κ1) is 8.11. The second-order valence-electron chi connectivity index (χ2n) is 2.64. The SMILES string of the molecule is CCCc1[nH][nH]c(=O)c1CC. The molecule has 1 heterocycles. The predicted molar refractivity (Wildman–Crippen MR) is 44.8 cm³/mol. The summed E-state index contributed by atoms with van der Waals surface area (Å²) in [5.74, 6) is 0. The molecule has 0 spiro atoms. The zero-order valence-electron chi connectivity index (χ0n) is 7.03. The van der Waals surface area contributed by atoms with E-state index < -0.39 is 0 Å². The highest BCUT2D eigenvalue weighted by Crippen LogP contribution is 2.02. The third-order valence-corrected chi connectivity index (χ3v) is 1.82. The van der Waals surface area contributed by atoms with Crippen molar-refractivity contribution in [2.75, 3.05) is 0 Å². The molecule has 0 amide bonds. The van der Waals surface area contributed by atoms with E-state index in [1.54, 1.807) is 0 Å². The molecule has 3 heteroatoms. The van der Waals surface area contributed by atoms with Crippen molar-refractivity contribution < 1.29 is 0 Å². The quantitative estimate of drug-likeness (QED) is 0.675. The molecule has 0 saturated carbocycles. The first-order valence-electron chi connectivity index (χ1n) is 4.08. The van der Waals surface area contributed by atoms with E-state index in [9.17, 15) is 4.79 Å². The third kappa shape index (κ3) is 1.53. The predicted octanol–water partition coefficient (Wildman–Crippen LogP) is 1.22. The first-order valence-corrected chi connectivity index (χ1v) is 4.08. The van der Waals surface area contributed by atoms with Gasteiger partial charge in [-0.3, -0.25) is 9.89 Å². The van der Waals surface area contributed by atoms with Gasteiger partial charge in [0, 0.05) is 11.3 Å². The molecule has 0 radical (unpaired) electrons. The summed E-state index contributed by atoms with van der Waals surface area (Å²) in [6, 6.07) is 0. The largest absolute Gasteiger partial charge is 0.302 e. The number of nitrogens with one attached hydrogen (secondary N) is 2. The molecule has 1 aromatic rings.